The topological polar surface area (TPSA) is 101 Å². The molecule has 8 heteroatoms. The lowest BCUT2D eigenvalue weighted by atomic mass is 10.1. The number of rotatable bonds is 3. The summed E-state index contributed by atoms with van der Waals surface area (Å²) in [5.41, 5.74) is -0.401. The van der Waals surface area contributed by atoms with Crippen LogP contribution >= 0.6 is 11.8 Å². The fraction of sp³-hybridized carbons (Fsp3) is 0.0769. The van der Waals surface area contributed by atoms with Gasteiger partial charge in [0, 0.05) is 11.6 Å². The van der Waals surface area contributed by atoms with Crippen LogP contribution in [0.5, 0.6) is 5.75 Å². The van der Waals surface area contributed by atoms with Gasteiger partial charge in [0.05, 0.1) is 16.4 Å². The lowest BCUT2D eigenvalue weighted by Crippen LogP contribution is -2.28. The fourth-order valence-electron chi connectivity index (χ4n) is 1.68. The third-order valence-electron chi connectivity index (χ3n) is 2.65. The third-order valence-corrected chi connectivity index (χ3v) is 3.56. The molecule has 0 spiro atoms. The molecule has 0 unspecified atom stereocenters. The zero-order valence-corrected chi connectivity index (χ0v) is 11.3. The molecular weight excluding hydrogens is 296 g/mol. The molecule has 1 aliphatic rings. The second kappa shape index (κ2) is 5.68. The van der Waals surface area contributed by atoms with E-state index in [2.05, 4.69) is 5.92 Å². The van der Waals surface area contributed by atoms with Crippen molar-refractivity contribution < 1.29 is 19.6 Å². The number of imide groups is 1. The normalized spacial score (nSPS) is 16.3. The molecule has 0 radical (unpaired) electrons. The van der Waals surface area contributed by atoms with Crippen molar-refractivity contribution in [3.8, 4) is 18.1 Å². The number of hydrogen-bond acceptors (Lipinski definition) is 6. The van der Waals surface area contributed by atoms with E-state index in [0.29, 0.717) is 11.8 Å². The first-order valence-corrected chi connectivity index (χ1v) is 6.42. The van der Waals surface area contributed by atoms with Crippen LogP contribution in [0, 0.1) is 22.5 Å². The first-order chi connectivity index (χ1) is 9.95. The van der Waals surface area contributed by atoms with Crippen LogP contribution in [0.25, 0.3) is 6.08 Å². The Morgan fingerprint density at radius 1 is 1.48 bits per heavy atom. The number of nitro groups is 1. The predicted molar refractivity (Wildman–Crippen MR) is 76.3 cm³/mol. The Kier molecular flexibility index (Phi) is 3.95. The summed E-state index contributed by atoms with van der Waals surface area (Å²) in [4.78, 5) is 34.5. The number of aromatic hydroxyl groups is 1. The molecule has 1 heterocycles. The number of benzene rings is 1. The Morgan fingerprint density at radius 3 is 2.81 bits per heavy atom. The summed E-state index contributed by atoms with van der Waals surface area (Å²) in [5.74, 6) is 1.04. The number of amides is 2. The Bertz CT molecular complexity index is 720. The minimum atomic E-state index is -0.739. The van der Waals surface area contributed by atoms with Gasteiger partial charge in [-0.1, -0.05) is 18.1 Å². The SMILES string of the molecule is C#CCN1C(=O)SC(=Cc2cccc([N+](=O)[O-])c2O)C1=O. The summed E-state index contributed by atoms with van der Waals surface area (Å²) in [6, 6.07) is 3.91. The van der Waals surface area contributed by atoms with Crippen LogP contribution in [-0.4, -0.2) is 32.6 Å². The highest BCUT2D eigenvalue weighted by Gasteiger charge is 2.34. The molecule has 106 valence electrons. The van der Waals surface area contributed by atoms with Crippen molar-refractivity contribution in [1.82, 2.24) is 4.90 Å². The second-order valence-electron chi connectivity index (χ2n) is 3.94. The van der Waals surface area contributed by atoms with E-state index in [1.807, 2.05) is 0 Å². The minimum absolute atomic E-state index is 0.0473. The van der Waals surface area contributed by atoms with Crippen LogP contribution in [-0.2, 0) is 4.79 Å². The molecular formula is C13H8N2O5S. The fourth-order valence-corrected chi connectivity index (χ4v) is 2.51. The quantitative estimate of drug-likeness (QED) is 0.396. The van der Waals surface area contributed by atoms with Crippen molar-refractivity contribution in [3.05, 3.63) is 38.8 Å². The molecule has 1 aliphatic heterocycles. The van der Waals surface area contributed by atoms with E-state index in [4.69, 9.17) is 6.42 Å². The molecule has 1 saturated heterocycles. The van der Waals surface area contributed by atoms with E-state index in [1.54, 1.807) is 0 Å². The van der Waals surface area contributed by atoms with E-state index >= 15 is 0 Å². The molecule has 7 nitrogen and oxygen atoms in total. The van der Waals surface area contributed by atoms with Gasteiger partial charge in [0.1, 0.15) is 0 Å². The van der Waals surface area contributed by atoms with Crippen molar-refractivity contribution >= 4 is 34.7 Å². The van der Waals surface area contributed by atoms with Gasteiger partial charge in [0.25, 0.3) is 11.1 Å². The van der Waals surface area contributed by atoms with Gasteiger partial charge in [-0.3, -0.25) is 24.6 Å². The number of carbonyl (C=O) groups excluding carboxylic acids is 2. The summed E-state index contributed by atoms with van der Waals surface area (Å²) >= 11 is 0.662. The van der Waals surface area contributed by atoms with Gasteiger partial charge in [-0.2, -0.15) is 0 Å². The van der Waals surface area contributed by atoms with Crippen LogP contribution in [0.3, 0.4) is 0 Å². The van der Waals surface area contributed by atoms with E-state index in [9.17, 15) is 24.8 Å². The second-order valence-corrected chi connectivity index (χ2v) is 4.94. The molecule has 0 bridgehead atoms. The number of nitrogens with zero attached hydrogens (tertiary/aromatic N) is 2. The standard InChI is InChI=1S/C13H8N2O5S/c1-2-6-14-12(17)10(21-13(14)18)7-8-4-3-5-9(11(8)16)15(19)20/h1,3-5,7,16H,6H2. The molecule has 0 atom stereocenters. The Morgan fingerprint density at radius 2 is 2.19 bits per heavy atom. The van der Waals surface area contributed by atoms with Gasteiger partial charge in [-0.05, 0) is 17.8 Å². The molecule has 1 fully saturated rings. The van der Waals surface area contributed by atoms with Crippen LogP contribution < -0.4 is 0 Å². The number of phenolic OH excluding ortho intramolecular Hbond substituents is 1. The number of hydrogen-bond donors (Lipinski definition) is 1. The summed E-state index contributed by atoms with van der Waals surface area (Å²) < 4.78 is 0. The Labute approximate surface area is 123 Å². The Hall–Kier alpha value is -2.79. The zero-order valence-electron chi connectivity index (χ0n) is 10.5. The van der Waals surface area contributed by atoms with E-state index < -0.39 is 27.5 Å². The van der Waals surface area contributed by atoms with Gasteiger partial charge < -0.3 is 5.11 Å². The predicted octanol–water partition coefficient (Wildman–Crippen LogP) is 1.97. The van der Waals surface area contributed by atoms with Crippen LogP contribution in [0.15, 0.2) is 23.1 Å². The number of terminal acetylenes is 1. The van der Waals surface area contributed by atoms with Gasteiger partial charge in [-0.15, -0.1) is 6.42 Å². The van der Waals surface area contributed by atoms with Crippen molar-refractivity contribution in [2.45, 2.75) is 0 Å². The molecule has 1 N–H and O–H groups in total. The molecule has 2 rings (SSSR count). The van der Waals surface area contributed by atoms with Gasteiger partial charge in [-0.25, -0.2) is 0 Å². The first kappa shape index (κ1) is 14.6. The number of phenols is 1. The molecule has 0 saturated carbocycles. The highest BCUT2D eigenvalue weighted by molar-refractivity contribution is 8.18. The average molecular weight is 304 g/mol. The lowest BCUT2D eigenvalue weighted by molar-refractivity contribution is -0.385. The highest BCUT2D eigenvalue weighted by Crippen LogP contribution is 2.36. The van der Waals surface area contributed by atoms with Crippen LogP contribution in [0.4, 0.5) is 10.5 Å². The maximum Gasteiger partial charge on any atom is 0.311 e. The molecule has 1 aromatic rings. The van der Waals surface area contributed by atoms with Gasteiger partial charge in [0.2, 0.25) is 5.75 Å². The molecule has 2 amide bonds. The maximum atomic E-state index is 11.9. The van der Waals surface area contributed by atoms with Crippen molar-refractivity contribution in [2.24, 2.45) is 0 Å². The van der Waals surface area contributed by atoms with Crippen LogP contribution in [0.1, 0.15) is 5.56 Å². The third kappa shape index (κ3) is 2.73. The molecule has 0 aliphatic carbocycles. The van der Waals surface area contributed by atoms with Crippen LogP contribution in [0.2, 0.25) is 0 Å². The smallest absolute Gasteiger partial charge is 0.311 e. The highest BCUT2D eigenvalue weighted by atomic mass is 32.2. The lowest BCUT2D eigenvalue weighted by Gasteiger charge is -2.06. The van der Waals surface area contributed by atoms with E-state index in [1.165, 1.54) is 18.2 Å². The summed E-state index contributed by atoms with van der Waals surface area (Å²) in [5, 5.41) is 20.0. The van der Waals surface area contributed by atoms with Gasteiger partial charge in [0.15, 0.2) is 0 Å². The minimum Gasteiger partial charge on any atom is -0.502 e. The monoisotopic (exact) mass is 304 g/mol. The first-order valence-electron chi connectivity index (χ1n) is 5.61. The molecule has 1 aromatic carbocycles. The summed E-state index contributed by atoms with van der Waals surface area (Å²) in [6.07, 6.45) is 6.29. The van der Waals surface area contributed by atoms with E-state index in [0.717, 1.165) is 11.0 Å². The Balaban J connectivity index is 2.40. The largest absolute Gasteiger partial charge is 0.502 e. The number of carbonyl (C=O) groups is 2. The molecule has 0 aromatic heterocycles. The summed E-state index contributed by atoms with van der Waals surface area (Å²) in [7, 11) is 0. The van der Waals surface area contributed by atoms with Crippen molar-refractivity contribution in [1.29, 1.82) is 0 Å². The maximum absolute atomic E-state index is 11.9. The molecule has 21 heavy (non-hydrogen) atoms. The van der Waals surface area contributed by atoms with E-state index in [-0.39, 0.29) is 17.0 Å². The number of nitro benzene ring substituents is 1. The number of thioether (sulfide) groups is 1. The number of para-hydroxylation sites is 1. The zero-order chi connectivity index (χ0) is 15.6. The van der Waals surface area contributed by atoms with Crippen molar-refractivity contribution in [2.75, 3.05) is 6.54 Å². The summed E-state index contributed by atoms with van der Waals surface area (Å²) in [6.45, 7) is -0.150. The van der Waals surface area contributed by atoms with Gasteiger partial charge >= 0.3 is 5.69 Å². The average Bonchev–Trinajstić information content (AvgIpc) is 2.69. The van der Waals surface area contributed by atoms with Crippen molar-refractivity contribution in [3.63, 3.8) is 0 Å².